The molecule has 0 bridgehead atoms. The van der Waals surface area contributed by atoms with Crippen LogP contribution in [0.25, 0.3) is 0 Å². The number of amides is 2. The molecule has 0 saturated carbocycles. The van der Waals surface area contributed by atoms with E-state index < -0.39 is 0 Å². The van der Waals surface area contributed by atoms with Gasteiger partial charge in [0.25, 0.3) is 0 Å². The average Bonchev–Trinajstić information content (AvgIpc) is 2.41. The van der Waals surface area contributed by atoms with Crippen LogP contribution in [0, 0.1) is 6.92 Å². The van der Waals surface area contributed by atoms with E-state index in [-0.39, 0.29) is 6.03 Å². The number of hydrogen-bond donors (Lipinski definition) is 2. The van der Waals surface area contributed by atoms with Crippen LogP contribution in [0.5, 0.6) is 0 Å². The van der Waals surface area contributed by atoms with Crippen LogP contribution >= 0.6 is 0 Å². The van der Waals surface area contributed by atoms with Gasteiger partial charge in [0, 0.05) is 24.1 Å². The van der Waals surface area contributed by atoms with Gasteiger partial charge in [-0.2, -0.15) is 0 Å². The third-order valence-corrected chi connectivity index (χ3v) is 2.85. The molecule has 1 aromatic carbocycles. The smallest absolute Gasteiger partial charge is 0.321 e. The lowest BCUT2D eigenvalue weighted by Crippen LogP contribution is -2.31. The van der Waals surface area contributed by atoms with E-state index in [9.17, 15) is 4.79 Å². The van der Waals surface area contributed by atoms with E-state index in [4.69, 9.17) is 5.73 Å². The van der Waals surface area contributed by atoms with Gasteiger partial charge in [-0.05, 0) is 43.3 Å². The zero-order chi connectivity index (χ0) is 14.5. The number of nitrogens with one attached hydrogen (secondary N) is 1. The summed E-state index contributed by atoms with van der Waals surface area (Å²) in [4.78, 5) is 18.0. The van der Waals surface area contributed by atoms with Gasteiger partial charge < -0.3 is 16.0 Å². The van der Waals surface area contributed by atoms with Gasteiger partial charge >= 0.3 is 6.03 Å². The minimum absolute atomic E-state index is 0.182. The molecule has 1 heterocycles. The molecule has 2 amide bonds. The quantitative estimate of drug-likeness (QED) is 0.842. The standard InChI is InChI=1S/C15H18N4O/c1-11-4-3-5-14(17-11)10-19(2)15(20)18-13-8-6-12(16)7-9-13/h3-9H,10,16H2,1-2H3,(H,18,20). The Balaban J connectivity index is 1.96. The van der Waals surface area contributed by atoms with Crippen LogP contribution in [0.15, 0.2) is 42.5 Å². The van der Waals surface area contributed by atoms with Crippen molar-refractivity contribution in [3.05, 3.63) is 53.9 Å². The molecule has 104 valence electrons. The van der Waals surface area contributed by atoms with E-state index in [1.165, 1.54) is 0 Å². The van der Waals surface area contributed by atoms with Crippen molar-refractivity contribution in [1.29, 1.82) is 0 Å². The number of rotatable bonds is 3. The van der Waals surface area contributed by atoms with E-state index in [0.717, 1.165) is 11.4 Å². The highest BCUT2D eigenvalue weighted by Crippen LogP contribution is 2.11. The van der Waals surface area contributed by atoms with Gasteiger partial charge in [-0.3, -0.25) is 4.98 Å². The molecule has 0 saturated heterocycles. The largest absolute Gasteiger partial charge is 0.399 e. The summed E-state index contributed by atoms with van der Waals surface area (Å²) in [5, 5.41) is 2.81. The van der Waals surface area contributed by atoms with E-state index in [1.807, 2.05) is 25.1 Å². The molecule has 0 fully saturated rings. The van der Waals surface area contributed by atoms with Crippen LogP contribution < -0.4 is 11.1 Å². The second kappa shape index (κ2) is 6.06. The van der Waals surface area contributed by atoms with Crippen LogP contribution in [-0.2, 0) is 6.54 Å². The third kappa shape index (κ3) is 3.71. The summed E-state index contributed by atoms with van der Waals surface area (Å²) in [6.07, 6.45) is 0. The number of urea groups is 1. The van der Waals surface area contributed by atoms with Crippen molar-refractivity contribution in [1.82, 2.24) is 9.88 Å². The summed E-state index contributed by atoms with van der Waals surface area (Å²) in [6, 6.07) is 12.6. The highest BCUT2D eigenvalue weighted by molar-refractivity contribution is 5.89. The summed E-state index contributed by atoms with van der Waals surface area (Å²) in [5.74, 6) is 0. The maximum atomic E-state index is 12.0. The van der Waals surface area contributed by atoms with Crippen LogP contribution in [0.2, 0.25) is 0 Å². The first kappa shape index (κ1) is 13.9. The number of carbonyl (C=O) groups excluding carboxylic acids is 1. The Labute approximate surface area is 118 Å². The lowest BCUT2D eigenvalue weighted by atomic mass is 10.3. The molecule has 2 rings (SSSR count). The topological polar surface area (TPSA) is 71.2 Å². The number of carbonyl (C=O) groups is 1. The molecule has 2 aromatic rings. The number of pyridine rings is 1. The van der Waals surface area contributed by atoms with Gasteiger partial charge in [0.05, 0.1) is 12.2 Å². The van der Waals surface area contributed by atoms with Crippen LogP contribution in [0.1, 0.15) is 11.4 Å². The number of hydrogen-bond acceptors (Lipinski definition) is 3. The molecular formula is C15H18N4O. The second-order valence-corrected chi connectivity index (χ2v) is 4.68. The number of aryl methyl sites for hydroxylation is 1. The van der Waals surface area contributed by atoms with E-state index >= 15 is 0 Å². The van der Waals surface area contributed by atoms with Crippen molar-refractivity contribution in [2.45, 2.75) is 13.5 Å². The average molecular weight is 270 g/mol. The lowest BCUT2D eigenvalue weighted by Gasteiger charge is -2.17. The van der Waals surface area contributed by atoms with Crippen LogP contribution in [0.3, 0.4) is 0 Å². The lowest BCUT2D eigenvalue weighted by molar-refractivity contribution is 0.220. The maximum absolute atomic E-state index is 12.0. The molecule has 1 aromatic heterocycles. The van der Waals surface area contributed by atoms with E-state index in [1.54, 1.807) is 36.2 Å². The van der Waals surface area contributed by atoms with Gasteiger partial charge in [-0.25, -0.2) is 4.79 Å². The fourth-order valence-electron chi connectivity index (χ4n) is 1.79. The first-order chi connectivity index (χ1) is 9.54. The number of nitrogens with two attached hydrogens (primary N) is 1. The number of nitrogen functional groups attached to an aromatic ring is 1. The minimum atomic E-state index is -0.182. The Kier molecular flexibility index (Phi) is 4.20. The zero-order valence-corrected chi connectivity index (χ0v) is 11.6. The molecule has 3 N–H and O–H groups in total. The fourth-order valence-corrected chi connectivity index (χ4v) is 1.79. The SMILES string of the molecule is Cc1cccc(CN(C)C(=O)Nc2ccc(N)cc2)n1. The van der Waals surface area contributed by atoms with Crippen LogP contribution in [-0.4, -0.2) is 23.0 Å². The highest BCUT2D eigenvalue weighted by Gasteiger charge is 2.10. The molecule has 0 aliphatic carbocycles. The Morgan fingerprint density at radius 3 is 2.60 bits per heavy atom. The van der Waals surface area contributed by atoms with Crippen molar-refractivity contribution in [2.75, 3.05) is 18.1 Å². The monoisotopic (exact) mass is 270 g/mol. The Morgan fingerprint density at radius 2 is 1.95 bits per heavy atom. The zero-order valence-electron chi connectivity index (χ0n) is 11.6. The molecule has 5 nitrogen and oxygen atoms in total. The molecule has 20 heavy (non-hydrogen) atoms. The van der Waals surface area contributed by atoms with Gasteiger partial charge in [0.15, 0.2) is 0 Å². The summed E-state index contributed by atoms with van der Waals surface area (Å²) < 4.78 is 0. The van der Waals surface area contributed by atoms with Crippen molar-refractivity contribution in [3.63, 3.8) is 0 Å². The molecule has 0 aliphatic heterocycles. The molecular weight excluding hydrogens is 252 g/mol. The van der Waals surface area contributed by atoms with Crippen molar-refractivity contribution in [2.24, 2.45) is 0 Å². The predicted octanol–water partition coefficient (Wildman–Crippen LogP) is 2.64. The van der Waals surface area contributed by atoms with Gasteiger partial charge in [-0.15, -0.1) is 0 Å². The molecule has 5 heteroatoms. The molecule has 0 unspecified atom stereocenters. The Morgan fingerprint density at radius 1 is 1.25 bits per heavy atom. The van der Waals surface area contributed by atoms with Crippen molar-refractivity contribution >= 4 is 17.4 Å². The summed E-state index contributed by atoms with van der Waals surface area (Å²) in [7, 11) is 1.73. The van der Waals surface area contributed by atoms with Gasteiger partial charge in [-0.1, -0.05) is 6.07 Å². The molecule has 0 atom stereocenters. The highest BCUT2D eigenvalue weighted by atomic mass is 16.2. The van der Waals surface area contributed by atoms with E-state index in [2.05, 4.69) is 10.3 Å². The summed E-state index contributed by atoms with van der Waals surface area (Å²) in [5.41, 5.74) is 8.79. The van der Waals surface area contributed by atoms with Crippen molar-refractivity contribution in [3.8, 4) is 0 Å². The Bertz CT molecular complexity index is 595. The normalized spacial score (nSPS) is 10.1. The summed E-state index contributed by atoms with van der Waals surface area (Å²) in [6.45, 7) is 2.39. The predicted molar refractivity (Wildman–Crippen MR) is 80.3 cm³/mol. The second-order valence-electron chi connectivity index (χ2n) is 4.68. The first-order valence-electron chi connectivity index (χ1n) is 6.35. The summed E-state index contributed by atoms with van der Waals surface area (Å²) >= 11 is 0. The van der Waals surface area contributed by atoms with E-state index in [0.29, 0.717) is 17.9 Å². The molecule has 0 aliphatic rings. The van der Waals surface area contributed by atoms with Gasteiger partial charge in [0.1, 0.15) is 0 Å². The molecule has 0 spiro atoms. The number of nitrogens with zero attached hydrogens (tertiary/aromatic N) is 2. The number of anilines is 2. The minimum Gasteiger partial charge on any atom is -0.399 e. The van der Waals surface area contributed by atoms with Crippen LogP contribution in [0.4, 0.5) is 16.2 Å². The first-order valence-corrected chi connectivity index (χ1v) is 6.35. The molecule has 0 radical (unpaired) electrons. The fraction of sp³-hybridized carbons (Fsp3) is 0.200. The maximum Gasteiger partial charge on any atom is 0.321 e. The third-order valence-electron chi connectivity index (χ3n) is 2.85. The Hall–Kier alpha value is -2.56. The number of benzene rings is 1. The van der Waals surface area contributed by atoms with Crippen molar-refractivity contribution < 1.29 is 4.79 Å². The van der Waals surface area contributed by atoms with Gasteiger partial charge in [0.2, 0.25) is 0 Å². The number of aromatic nitrogens is 1.